The van der Waals surface area contributed by atoms with E-state index in [0.717, 1.165) is 0 Å². The van der Waals surface area contributed by atoms with Gasteiger partial charge in [-0.25, -0.2) is 0 Å². The molecule has 0 heteroatoms. The number of fused-ring (bicyclic) bond motifs is 4. The molecule has 0 aromatic heterocycles. The first-order valence-electron chi connectivity index (χ1n) is 12.6. The lowest BCUT2D eigenvalue weighted by Crippen LogP contribution is -1.93. The van der Waals surface area contributed by atoms with Crippen LogP contribution in [0, 0.1) is 13.8 Å². The van der Waals surface area contributed by atoms with E-state index in [1.807, 2.05) is 27.7 Å². The van der Waals surface area contributed by atoms with E-state index >= 15 is 0 Å². The molecule has 0 heterocycles. The van der Waals surface area contributed by atoms with Crippen molar-refractivity contribution in [1.82, 2.24) is 0 Å². The minimum atomic E-state index is 1.33. The molecule has 0 saturated heterocycles. The second kappa shape index (κ2) is 10.1. The Kier molecular flexibility index (Phi) is 6.98. The van der Waals surface area contributed by atoms with Gasteiger partial charge in [0.15, 0.2) is 0 Å². The van der Waals surface area contributed by atoms with E-state index < -0.39 is 0 Å². The lowest BCUT2D eigenvalue weighted by atomic mass is 9.83. The van der Waals surface area contributed by atoms with Crippen molar-refractivity contribution in [3.8, 4) is 11.1 Å². The van der Waals surface area contributed by atoms with E-state index in [2.05, 4.69) is 111 Å². The van der Waals surface area contributed by atoms with Gasteiger partial charge in [0.25, 0.3) is 0 Å². The van der Waals surface area contributed by atoms with Gasteiger partial charge in [0.05, 0.1) is 0 Å². The molecular weight excluding hydrogens is 408 g/mol. The number of hydrogen-bond donors (Lipinski definition) is 0. The lowest BCUT2D eigenvalue weighted by molar-refractivity contribution is 1.50. The molecule has 170 valence electrons. The number of aryl methyl sites for hydroxylation is 2. The zero-order chi connectivity index (χ0) is 24.2. The third kappa shape index (κ3) is 3.64. The summed E-state index contributed by atoms with van der Waals surface area (Å²) in [6, 6.07) is 35.5. The summed E-state index contributed by atoms with van der Waals surface area (Å²) in [6.07, 6.45) is 0. The molecule has 6 aromatic rings. The van der Waals surface area contributed by atoms with Gasteiger partial charge in [-0.05, 0) is 79.2 Å². The molecule has 34 heavy (non-hydrogen) atoms. The minimum absolute atomic E-state index is 1.33. The third-order valence-corrected chi connectivity index (χ3v) is 6.65. The van der Waals surface area contributed by atoms with E-state index in [1.54, 1.807) is 0 Å². The molecule has 0 fully saturated rings. The predicted molar refractivity (Wildman–Crippen MR) is 154 cm³/mol. The van der Waals surface area contributed by atoms with Gasteiger partial charge in [0.1, 0.15) is 0 Å². The van der Waals surface area contributed by atoms with Gasteiger partial charge in [-0.1, -0.05) is 125 Å². The number of rotatable bonds is 1. The predicted octanol–water partition coefficient (Wildman–Crippen LogP) is 10.6. The monoisotopic (exact) mass is 442 g/mol. The molecule has 0 unspecified atom stereocenters. The van der Waals surface area contributed by atoms with Gasteiger partial charge in [-0.15, -0.1) is 0 Å². The fourth-order valence-electron chi connectivity index (χ4n) is 5.23. The van der Waals surface area contributed by atoms with Crippen LogP contribution in [0.5, 0.6) is 0 Å². The molecule has 6 rings (SSSR count). The summed E-state index contributed by atoms with van der Waals surface area (Å²) in [6.45, 7) is 12.5. The van der Waals surface area contributed by atoms with Crippen LogP contribution in [0.2, 0.25) is 0 Å². The number of benzene rings is 6. The Hall–Kier alpha value is -3.64. The molecule has 0 bridgehead atoms. The summed E-state index contributed by atoms with van der Waals surface area (Å²) in [5.74, 6) is 0. The van der Waals surface area contributed by atoms with E-state index in [1.165, 1.54) is 65.3 Å². The quantitative estimate of drug-likeness (QED) is 0.222. The summed E-state index contributed by atoms with van der Waals surface area (Å²) in [5, 5.41) is 10.6. The summed E-state index contributed by atoms with van der Waals surface area (Å²) < 4.78 is 0. The lowest BCUT2D eigenvalue weighted by Gasteiger charge is -2.20. The van der Waals surface area contributed by atoms with Crippen LogP contribution in [0.15, 0.2) is 97.1 Å². The highest BCUT2D eigenvalue weighted by Gasteiger charge is 2.18. The molecule has 0 spiro atoms. The Bertz CT molecular complexity index is 1360. The summed E-state index contributed by atoms with van der Waals surface area (Å²) in [5.41, 5.74) is 5.40. The molecule has 0 radical (unpaired) electrons. The van der Waals surface area contributed by atoms with Crippen molar-refractivity contribution in [2.24, 2.45) is 0 Å². The molecule has 6 aromatic carbocycles. The van der Waals surface area contributed by atoms with Crippen LogP contribution >= 0.6 is 0 Å². The standard InChI is InChI=1S/C30H22.2C2H6/c1-19-21-11-3-7-15-25(21)29(26-16-8-4-12-22(19)26)30-27-17-9-5-13-23(27)20(2)24-14-6-10-18-28(24)30;2*1-2/h3-18H,1-2H3;2*1-2H3. The fourth-order valence-corrected chi connectivity index (χ4v) is 5.23. The minimum Gasteiger partial charge on any atom is -0.0683 e. The molecule has 0 atom stereocenters. The average Bonchev–Trinajstić information content (AvgIpc) is 2.93. The highest BCUT2D eigenvalue weighted by Crippen LogP contribution is 2.45. The van der Waals surface area contributed by atoms with Gasteiger partial charge >= 0.3 is 0 Å². The van der Waals surface area contributed by atoms with Crippen molar-refractivity contribution in [3.63, 3.8) is 0 Å². The highest BCUT2D eigenvalue weighted by atomic mass is 14.2. The zero-order valence-corrected chi connectivity index (χ0v) is 21.2. The summed E-state index contributed by atoms with van der Waals surface area (Å²) >= 11 is 0. The van der Waals surface area contributed by atoms with E-state index in [0.29, 0.717) is 0 Å². The molecule has 0 saturated carbocycles. The van der Waals surface area contributed by atoms with Crippen LogP contribution in [-0.2, 0) is 0 Å². The summed E-state index contributed by atoms with van der Waals surface area (Å²) in [7, 11) is 0. The van der Waals surface area contributed by atoms with E-state index in [4.69, 9.17) is 0 Å². The molecular formula is C34H34. The van der Waals surface area contributed by atoms with E-state index in [9.17, 15) is 0 Å². The maximum Gasteiger partial charge on any atom is -0.00141 e. The third-order valence-electron chi connectivity index (χ3n) is 6.65. The van der Waals surface area contributed by atoms with Crippen molar-refractivity contribution < 1.29 is 0 Å². The Morgan fingerprint density at radius 3 is 0.676 bits per heavy atom. The largest absolute Gasteiger partial charge is 0.0683 e. The van der Waals surface area contributed by atoms with Gasteiger partial charge in [-0.2, -0.15) is 0 Å². The van der Waals surface area contributed by atoms with Crippen LogP contribution in [0.25, 0.3) is 54.2 Å². The molecule has 0 N–H and O–H groups in total. The molecule has 0 nitrogen and oxygen atoms in total. The molecule has 0 aliphatic carbocycles. The van der Waals surface area contributed by atoms with Crippen LogP contribution in [-0.4, -0.2) is 0 Å². The number of hydrogen-bond acceptors (Lipinski definition) is 0. The molecule has 0 aliphatic heterocycles. The maximum absolute atomic E-state index is 2.29. The fraction of sp³-hybridized carbons (Fsp3) is 0.176. The van der Waals surface area contributed by atoms with Crippen molar-refractivity contribution in [2.75, 3.05) is 0 Å². The van der Waals surface area contributed by atoms with Gasteiger partial charge < -0.3 is 0 Å². The van der Waals surface area contributed by atoms with Crippen LogP contribution in [0.4, 0.5) is 0 Å². The zero-order valence-electron chi connectivity index (χ0n) is 21.2. The van der Waals surface area contributed by atoms with Crippen LogP contribution in [0.3, 0.4) is 0 Å². The topological polar surface area (TPSA) is 0 Å². The van der Waals surface area contributed by atoms with Crippen molar-refractivity contribution in [2.45, 2.75) is 41.5 Å². The Balaban J connectivity index is 0.000000652. The smallest absolute Gasteiger partial charge is 0.00141 e. The van der Waals surface area contributed by atoms with Crippen LogP contribution < -0.4 is 0 Å². The first kappa shape index (κ1) is 23.5. The van der Waals surface area contributed by atoms with Crippen LogP contribution in [0.1, 0.15) is 38.8 Å². The van der Waals surface area contributed by atoms with E-state index in [-0.39, 0.29) is 0 Å². The maximum atomic E-state index is 2.29. The SMILES string of the molecule is CC.CC.Cc1c2ccccc2c(-c2c3ccccc3c(C)c3ccccc23)c2ccccc12. The Morgan fingerprint density at radius 1 is 0.294 bits per heavy atom. The highest BCUT2D eigenvalue weighted by molar-refractivity contribution is 6.24. The van der Waals surface area contributed by atoms with Gasteiger partial charge in [0, 0.05) is 0 Å². The second-order valence-corrected chi connectivity index (χ2v) is 8.18. The second-order valence-electron chi connectivity index (χ2n) is 8.18. The average molecular weight is 443 g/mol. The molecule has 0 amide bonds. The van der Waals surface area contributed by atoms with Crippen molar-refractivity contribution in [1.29, 1.82) is 0 Å². The Labute approximate surface area is 203 Å². The van der Waals surface area contributed by atoms with Gasteiger partial charge in [0.2, 0.25) is 0 Å². The van der Waals surface area contributed by atoms with Crippen molar-refractivity contribution >= 4 is 43.1 Å². The van der Waals surface area contributed by atoms with Crippen molar-refractivity contribution in [3.05, 3.63) is 108 Å². The first-order chi connectivity index (χ1) is 16.8. The van der Waals surface area contributed by atoms with Gasteiger partial charge in [-0.3, -0.25) is 0 Å². The molecule has 0 aliphatic rings. The Morgan fingerprint density at radius 2 is 0.471 bits per heavy atom. The summed E-state index contributed by atoms with van der Waals surface area (Å²) in [4.78, 5) is 0. The first-order valence-corrected chi connectivity index (χ1v) is 12.6. The normalized spacial score (nSPS) is 10.6.